The molecule has 1 rings (SSSR count). The molecule has 1 heteroatoms. The predicted molar refractivity (Wildman–Crippen MR) is 58.6 cm³/mol. The molecule has 2 N–H and O–H groups in total. The van der Waals surface area contributed by atoms with E-state index in [0.29, 0.717) is 6.54 Å². The minimum atomic E-state index is 0.607. The molecule has 0 spiro atoms. The van der Waals surface area contributed by atoms with Gasteiger partial charge in [-0.2, -0.15) is 0 Å². The van der Waals surface area contributed by atoms with E-state index in [0.717, 1.165) is 6.42 Å². The van der Waals surface area contributed by atoms with Crippen molar-refractivity contribution >= 4 is 6.08 Å². The maximum Gasteiger partial charge on any atom is 0.0110 e. The van der Waals surface area contributed by atoms with Crippen molar-refractivity contribution in [2.24, 2.45) is 5.73 Å². The fourth-order valence-corrected chi connectivity index (χ4v) is 1.28. The summed E-state index contributed by atoms with van der Waals surface area (Å²) in [5.74, 6) is 0. The van der Waals surface area contributed by atoms with Gasteiger partial charge in [-0.05, 0) is 30.0 Å². The molecular weight excluding hydrogens is 158 g/mol. The summed E-state index contributed by atoms with van der Waals surface area (Å²) < 4.78 is 0. The number of hydrogen-bond acceptors (Lipinski definition) is 1. The van der Waals surface area contributed by atoms with E-state index < -0.39 is 0 Å². The van der Waals surface area contributed by atoms with E-state index in [2.05, 4.69) is 38.1 Å². The number of nitrogens with two attached hydrogens (primary N) is 1. The Morgan fingerprint density at radius 1 is 1.38 bits per heavy atom. The molecule has 0 fully saturated rings. The monoisotopic (exact) mass is 175 g/mol. The van der Waals surface area contributed by atoms with Crippen LogP contribution in [0, 0.1) is 6.92 Å². The van der Waals surface area contributed by atoms with Crippen molar-refractivity contribution in [2.75, 3.05) is 6.54 Å². The third-order valence-corrected chi connectivity index (χ3v) is 2.19. The van der Waals surface area contributed by atoms with Gasteiger partial charge in [0.25, 0.3) is 0 Å². The molecule has 0 aliphatic carbocycles. The van der Waals surface area contributed by atoms with Gasteiger partial charge in [0.2, 0.25) is 0 Å². The Bertz CT molecular complexity index is 300. The van der Waals surface area contributed by atoms with Crippen LogP contribution in [0.15, 0.2) is 24.3 Å². The van der Waals surface area contributed by atoms with Gasteiger partial charge in [0, 0.05) is 6.54 Å². The molecule has 0 amide bonds. The third kappa shape index (κ3) is 2.71. The van der Waals surface area contributed by atoms with Gasteiger partial charge in [-0.1, -0.05) is 37.3 Å². The molecule has 0 saturated heterocycles. The van der Waals surface area contributed by atoms with Gasteiger partial charge in [0.05, 0.1) is 0 Å². The number of rotatable bonds is 3. The van der Waals surface area contributed by atoms with Crippen molar-refractivity contribution < 1.29 is 0 Å². The first-order chi connectivity index (χ1) is 6.27. The first-order valence-electron chi connectivity index (χ1n) is 4.74. The fourth-order valence-electron chi connectivity index (χ4n) is 1.28. The molecular formula is C12H17N. The fraction of sp³-hybridized carbons (Fsp3) is 0.333. The van der Waals surface area contributed by atoms with Crippen molar-refractivity contribution in [2.45, 2.75) is 20.3 Å². The molecule has 0 unspecified atom stereocenters. The van der Waals surface area contributed by atoms with Gasteiger partial charge in [-0.15, -0.1) is 0 Å². The highest BCUT2D eigenvalue weighted by molar-refractivity contribution is 5.54. The Hall–Kier alpha value is -1.08. The Labute approximate surface area is 80.3 Å². The largest absolute Gasteiger partial charge is 0.327 e. The number of hydrogen-bond donors (Lipinski definition) is 1. The van der Waals surface area contributed by atoms with Crippen molar-refractivity contribution in [3.63, 3.8) is 0 Å². The first kappa shape index (κ1) is 10.0. The van der Waals surface area contributed by atoms with Crippen LogP contribution < -0.4 is 5.73 Å². The summed E-state index contributed by atoms with van der Waals surface area (Å²) in [6, 6.07) is 6.56. The van der Waals surface area contributed by atoms with Crippen molar-refractivity contribution in [3.8, 4) is 0 Å². The van der Waals surface area contributed by atoms with E-state index in [1.165, 1.54) is 16.7 Å². The third-order valence-electron chi connectivity index (χ3n) is 2.19. The number of aryl methyl sites for hydroxylation is 2. The van der Waals surface area contributed by atoms with Gasteiger partial charge in [0.15, 0.2) is 0 Å². The van der Waals surface area contributed by atoms with Crippen LogP contribution in [0.5, 0.6) is 0 Å². The van der Waals surface area contributed by atoms with Crippen LogP contribution >= 0.6 is 0 Å². The van der Waals surface area contributed by atoms with Crippen LogP contribution in [0.2, 0.25) is 0 Å². The summed E-state index contributed by atoms with van der Waals surface area (Å²) in [7, 11) is 0. The molecule has 0 bridgehead atoms. The Morgan fingerprint density at radius 2 is 2.15 bits per heavy atom. The van der Waals surface area contributed by atoms with Gasteiger partial charge in [0.1, 0.15) is 0 Å². The van der Waals surface area contributed by atoms with Gasteiger partial charge >= 0.3 is 0 Å². The van der Waals surface area contributed by atoms with Crippen molar-refractivity contribution in [3.05, 3.63) is 41.0 Å². The summed E-state index contributed by atoms with van der Waals surface area (Å²) in [6.07, 6.45) is 5.17. The van der Waals surface area contributed by atoms with E-state index in [9.17, 15) is 0 Å². The van der Waals surface area contributed by atoms with E-state index >= 15 is 0 Å². The minimum Gasteiger partial charge on any atom is -0.327 e. The second-order valence-electron chi connectivity index (χ2n) is 3.18. The van der Waals surface area contributed by atoms with Crippen molar-refractivity contribution in [1.82, 2.24) is 0 Å². The van der Waals surface area contributed by atoms with Gasteiger partial charge in [-0.25, -0.2) is 0 Å². The van der Waals surface area contributed by atoms with E-state index in [-0.39, 0.29) is 0 Å². The van der Waals surface area contributed by atoms with Crippen LogP contribution in [0.25, 0.3) is 6.08 Å². The summed E-state index contributed by atoms with van der Waals surface area (Å²) in [5, 5.41) is 0. The lowest BCUT2D eigenvalue weighted by molar-refractivity contribution is 1.13. The number of benzene rings is 1. The first-order valence-corrected chi connectivity index (χ1v) is 4.74. The molecule has 0 heterocycles. The zero-order valence-corrected chi connectivity index (χ0v) is 8.38. The van der Waals surface area contributed by atoms with Crippen LogP contribution in [-0.4, -0.2) is 6.54 Å². The molecule has 0 aliphatic heterocycles. The zero-order chi connectivity index (χ0) is 9.68. The molecule has 0 aromatic heterocycles. The Balaban J connectivity index is 2.97. The normalized spacial score (nSPS) is 11.0. The Kier molecular flexibility index (Phi) is 3.71. The molecule has 0 radical (unpaired) electrons. The van der Waals surface area contributed by atoms with E-state index in [1.54, 1.807) is 0 Å². The average Bonchev–Trinajstić information content (AvgIpc) is 2.17. The zero-order valence-electron chi connectivity index (χ0n) is 8.38. The topological polar surface area (TPSA) is 26.0 Å². The van der Waals surface area contributed by atoms with Gasteiger partial charge in [-0.3, -0.25) is 0 Å². The summed E-state index contributed by atoms with van der Waals surface area (Å²) in [6.45, 7) is 4.90. The molecule has 13 heavy (non-hydrogen) atoms. The molecule has 1 aromatic rings. The Morgan fingerprint density at radius 3 is 2.77 bits per heavy atom. The van der Waals surface area contributed by atoms with Gasteiger partial charge < -0.3 is 5.73 Å². The lowest BCUT2D eigenvalue weighted by atomic mass is 10.0. The summed E-state index contributed by atoms with van der Waals surface area (Å²) in [5.41, 5.74) is 9.38. The molecule has 1 aromatic carbocycles. The average molecular weight is 175 g/mol. The van der Waals surface area contributed by atoms with Crippen LogP contribution in [0.3, 0.4) is 0 Å². The SMILES string of the molecule is CCc1ccc(C)c(/C=C/CN)c1. The maximum atomic E-state index is 5.41. The van der Waals surface area contributed by atoms with Crippen LogP contribution in [0.1, 0.15) is 23.6 Å². The van der Waals surface area contributed by atoms with E-state index in [1.807, 2.05) is 6.08 Å². The van der Waals surface area contributed by atoms with Crippen LogP contribution in [0.4, 0.5) is 0 Å². The molecule has 0 aliphatic rings. The maximum absolute atomic E-state index is 5.41. The highest BCUT2D eigenvalue weighted by Gasteiger charge is 1.95. The lowest BCUT2D eigenvalue weighted by Gasteiger charge is -2.03. The van der Waals surface area contributed by atoms with Crippen LogP contribution in [-0.2, 0) is 6.42 Å². The highest BCUT2D eigenvalue weighted by Crippen LogP contribution is 2.13. The lowest BCUT2D eigenvalue weighted by Crippen LogP contribution is -1.92. The summed E-state index contributed by atoms with van der Waals surface area (Å²) >= 11 is 0. The standard InChI is InChI=1S/C12H17N/c1-3-11-7-6-10(2)12(9-11)5-4-8-13/h4-7,9H,3,8,13H2,1-2H3/b5-4+. The second kappa shape index (κ2) is 4.83. The minimum absolute atomic E-state index is 0.607. The molecule has 0 saturated carbocycles. The van der Waals surface area contributed by atoms with E-state index in [4.69, 9.17) is 5.73 Å². The molecule has 70 valence electrons. The predicted octanol–water partition coefficient (Wildman–Crippen LogP) is 2.53. The second-order valence-corrected chi connectivity index (χ2v) is 3.18. The quantitative estimate of drug-likeness (QED) is 0.750. The molecule has 0 atom stereocenters. The molecule has 1 nitrogen and oxygen atoms in total. The summed E-state index contributed by atoms with van der Waals surface area (Å²) in [4.78, 5) is 0. The smallest absolute Gasteiger partial charge is 0.0110 e. The van der Waals surface area contributed by atoms with Crippen molar-refractivity contribution in [1.29, 1.82) is 0 Å². The highest BCUT2D eigenvalue weighted by atomic mass is 14.5.